The van der Waals surface area contributed by atoms with Gasteiger partial charge in [0, 0.05) is 18.0 Å². The van der Waals surface area contributed by atoms with Gasteiger partial charge in [0.15, 0.2) is 0 Å². The SMILES string of the molecule is C[C@@H](NC(=O)Cn1cc(N)ccc1=O)c1ccccc1. The Morgan fingerprint density at radius 2 is 1.95 bits per heavy atom. The molecule has 0 fully saturated rings. The van der Waals surface area contributed by atoms with Gasteiger partial charge in [0.05, 0.1) is 6.04 Å². The highest BCUT2D eigenvalue weighted by Crippen LogP contribution is 2.10. The molecule has 0 aliphatic heterocycles. The zero-order valence-corrected chi connectivity index (χ0v) is 11.2. The van der Waals surface area contributed by atoms with Crippen molar-refractivity contribution in [1.82, 2.24) is 9.88 Å². The van der Waals surface area contributed by atoms with Crippen LogP contribution in [-0.4, -0.2) is 10.5 Å². The van der Waals surface area contributed by atoms with Crippen LogP contribution in [0.1, 0.15) is 18.5 Å². The van der Waals surface area contributed by atoms with Crippen molar-refractivity contribution in [2.75, 3.05) is 5.73 Å². The molecular formula is C15H17N3O2. The lowest BCUT2D eigenvalue weighted by molar-refractivity contribution is -0.122. The molecule has 1 atom stereocenters. The summed E-state index contributed by atoms with van der Waals surface area (Å²) in [5.41, 5.74) is 6.82. The lowest BCUT2D eigenvalue weighted by Gasteiger charge is -2.15. The number of nitrogens with zero attached hydrogens (tertiary/aromatic N) is 1. The van der Waals surface area contributed by atoms with Gasteiger partial charge in [0.1, 0.15) is 6.54 Å². The van der Waals surface area contributed by atoms with Crippen LogP contribution in [0.5, 0.6) is 0 Å². The molecule has 0 saturated heterocycles. The normalized spacial score (nSPS) is 11.8. The van der Waals surface area contributed by atoms with E-state index in [1.165, 1.54) is 22.9 Å². The van der Waals surface area contributed by atoms with Gasteiger partial charge in [-0.15, -0.1) is 0 Å². The number of hydrogen-bond donors (Lipinski definition) is 2. The van der Waals surface area contributed by atoms with Crippen molar-refractivity contribution in [3.8, 4) is 0 Å². The zero-order chi connectivity index (χ0) is 14.5. The molecule has 5 nitrogen and oxygen atoms in total. The highest BCUT2D eigenvalue weighted by molar-refractivity contribution is 5.76. The van der Waals surface area contributed by atoms with Crippen LogP contribution in [0.15, 0.2) is 53.5 Å². The predicted molar refractivity (Wildman–Crippen MR) is 78.1 cm³/mol. The van der Waals surface area contributed by atoms with E-state index in [1.54, 1.807) is 0 Å². The van der Waals surface area contributed by atoms with Crippen molar-refractivity contribution >= 4 is 11.6 Å². The van der Waals surface area contributed by atoms with Gasteiger partial charge >= 0.3 is 0 Å². The predicted octanol–water partition coefficient (Wildman–Crippen LogP) is 1.31. The quantitative estimate of drug-likeness (QED) is 0.880. The molecule has 5 heteroatoms. The number of nitrogens with one attached hydrogen (secondary N) is 1. The fraction of sp³-hybridized carbons (Fsp3) is 0.200. The van der Waals surface area contributed by atoms with Gasteiger partial charge in [-0.1, -0.05) is 30.3 Å². The minimum atomic E-state index is -0.248. The van der Waals surface area contributed by atoms with Crippen LogP contribution >= 0.6 is 0 Å². The number of carbonyl (C=O) groups is 1. The molecular weight excluding hydrogens is 254 g/mol. The van der Waals surface area contributed by atoms with Crippen LogP contribution in [0.3, 0.4) is 0 Å². The first-order valence-corrected chi connectivity index (χ1v) is 6.36. The summed E-state index contributed by atoms with van der Waals surface area (Å²) >= 11 is 0. The Morgan fingerprint density at radius 1 is 1.25 bits per heavy atom. The van der Waals surface area contributed by atoms with Crippen molar-refractivity contribution in [3.63, 3.8) is 0 Å². The van der Waals surface area contributed by atoms with Gasteiger partial charge < -0.3 is 15.6 Å². The molecule has 20 heavy (non-hydrogen) atoms. The maximum absolute atomic E-state index is 11.9. The number of pyridine rings is 1. The summed E-state index contributed by atoms with van der Waals surface area (Å²) in [5.74, 6) is -0.228. The Kier molecular flexibility index (Phi) is 4.20. The van der Waals surface area contributed by atoms with Gasteiger partial charge in [0.2, 0.25) is 5.91 Å². The Balaban J connectivity index is 2.02. The average Bonchev–Trinajstić information content (AvgIpc) is 2.43. The lowest BCUT2D eigenvalue weighted by Crippen LogP contribution is -2.33. The first kappa shape index (κ1) is 13.9. The highest BCUT2D eigenvalue weighted by atomic mass is 16.2. The lowest BCUT2D eigenvalue weighted by atomic mass is 10.1. The summed E-state index contributed by atoms with van der Waals surface area (Å²) in [7, 11) is 0. The third-order valence-corrected chi connectivity index (χ3v) is 3.00. The molecule has 2 rings (SSSR count). The van der Waals surface area contributed by atoms with Crippen molar-refractivity contribution < 1.29 is 4.79 Å². The van der Waals surface area contributed by atoms with E-state index in [4.69, 9.17) is 5.73 Å². The Labute approximate surface area is 117 Å². The Bertz CT molecular complexity index is 650. The maximum atomic E-state index is 11.9. The van der Waals surface area contributed by atoms with E-state index in [9.17, 15) is 9.59 Å². The third-order valence-electron chi connectivity index (χ3n) is 3.00. The second-order valence-corrected chi connectivity index (χ2v) is 4.63. The van der Waals surface area contributed by atoms with E-state index >= 15 is 0 Å². The van der Waals surface area contributed by atoms with Crippen LogP contribution < -0.4 is 16.6 Å². The Morgan fingerprint density at radius 3 is 2.65 bits per heavy atom. The fourth-order valence-corrected chi connectivity index (χ4v) is 1.94. The number of rotatable bonds is 4. The van der Waals surface area contributed by atoms with E-state index in [-0.39, 0.29) is 24.1 Å². The second-order valence-electron chi connectivity index (χ2n) is 4.63. The monoisotopic (exact) mass is 271 g/mol. The van der Waals surface area contributed by atoms with Crippen molar-refractivity contribution in [3.05, 3.63) is 64.6 Å². The van der Waals surface area contributed by atoms with E-state index < -0.39 is 0 Å². The molecule has 0 aliphatic rings. The number of aromatic nitrogens is 1. The standard InChI is InChI=1S/C15H17N3O2/c1-11(12-5-3-2-4-6-12)17-14(19)10-18-9-13(16)7-8-15(18)20/h2-9,11H,10,16H2,1H3,(H,17,19)/t11-/m1/s1. The largest absolute Gasteiger partial charge is 0.398 e. The maximum Gasteiger partial charge on any atom is 0.251 e. The van der Waals surface area contributed by atoms with Crippen molar-refractivity contribution in [2.45, 2.75) is 19.5 Å². The molecule has 0 saturated carbocycles. The van der Waals surface area contributed by atoms with Crippen LogP contribution in [0, 0.1) is 0 Å². The molecule has 3 N–H and O–H groups in total. The summed E-state index contributed by atoms with van der Waals surface area (Å²) in [6.45, 7) is 1.86. The molecule has 2 aromatic rings. The first-order chi connectivity index (χ1) is 9.56. The smallest absolute Gasteiger partial charge is 0.251 e. The molecule has 0 radical (unpaired) electrons. The number of anilines is 1. The summed E-state index contributed by atoms with van der Waals surface area (Å²) in [4.78, 5) is 23.5. The summed E-state index contributed by atoms with van der Waals surface area (Å²) in [5, 5.41) is 2.85. The minimum absolute atomic E-state index is 0.0406. The summed E-state index contributed by atoms with van der Waals surface area (Å²) < 4.78 is 1.29. The molecule has 1 heterocycles. The van der Waals surface area contributed by atoms with E-state index in [0.29, 0.717) is 5.69 Å². The number of carbonyl (C=O) groups excluding carboxylic acids is 1. The van der Waals surface area contributed by atoms with Gasteiger partial charge in [0.25, 0.3) is 5.56 Å². The van der Waals surface area contributed by atoms with Crippen LogP contribution in [-0.2, 0) is 11.3 Å². The second kappa shape index (κ2) is 6.06. The Hall–Kier alpha value is -2.56. The van der Waals surface area contributed by atoms with Gasteiger partial charge in [-0.2, -0.15) is 0 Å². The molecule has 1 aromatic carbocycles. The highest BCUT2D eigenvalue weighted by Gasteiger charge is 2.10. The molecule has 1 aromatic heterocycles. The number of nitrogen functional groups attached to an aromatic ring is 1. The first-order valence-electron chi connectivity index (χ1n) is 6.36. The third kappa shape index (κ3) is 3.47. The molecule has 1 amide bonds. The molecule has 0 unspecified atom stereocenters. The number of hydrogen-bond acceptors (Lipinski definition) is 3. The number of benzene rings is 1. The summed E-state index contributed by atoms with van der Waals surface area (Å²) in [6, 6.07) is 12.4. The van der Waals surface area contributed by atoms with Crippen LogP contribution in [0.25, 0.3) is 0 Å². The van der Waals surface area contributed by atoms with Crippen LogP contribution in [0.4, 0.5) is 5.69 Å². The number of amides is 1. The molecule has 0 aliphatic carbocycles. The summed E-state index contributed by atoms with van der Waals surface area (Å²) in [6.07, 6.45) is 1.47. The van der Waals surface area contributed by atoms with Gasteiger partial charge in [-0.05, 0) is 18.6 Å². The van der Waals surface area contributed by atoms with Gasteiger partial charge in [-0.3, -0.25) is 9.59 Å². The number of nitrogens with two attached hydrogens (primary N) is 1. The molecule has 0 spiro atoms. The van der Waals surface area contributed by atoms with Gasteiger partial charge in [-0.25, -0.2) is 0 Å². The van der Waals surface area contributed by atoms with Crippen molar-refractivity contribution in [2.24, 2.45) is 0 Å². The zero-order valence-electron chi connectivity index (χ0n) is 11.2. The van der Waals surface area contributed by atoms with E-state index in [2.05, 4.69) is 5.32 Å². The van der Waals surface area contributed by atoms with Crippen molar-refractivity contribution in [1.29, 1.82) is 0 Å². The topological polar surface area (TPSA) is 77.1 Å². The minimum Gasteiger partial charge on any atom is -0.398 e. The van der Waals surface area contributed by atoms with E-state index in [0.717, 1.165) is 5.56 Å². The average molecular weight is 271 g/mol. The fourth-order valence-electron chi connectivity index (χ4n) is 1.94. The van der Waals surface area contributed by atoms with E-state index in [1.807, 2.05) is 37.3 Å². The molecule has 104 valence electrons. The van der Waals surface area contributed by atoms with Crippen LogP contribution in [0.2, 0.25) is 0 Å². The molecule has 0 bridgehead atoms.